The number of para-hydroxylation sites is 2. The molecule has 6 nitrogen and oxygen atoms in total. The third kappa shape index (κ3) is 5.38. The highest BCUT2D eigenvalue weighted by atomic mass is 19.4. The summed E-state index contributed by atoms with van der Waals surface area (Å²) in [5.41, 5.74) is 2.24. The van der Waals surface area contributed by atoms with Gasteiger partial charge < -0.3 is 9.13 Å². The maximum absolute atomic E-state index is 16.1. The predicted molar refractivity (Wildman–Crippen MR) is 208 cm³/mol. The number of hydrogen-bond acceptors (Lipinski definition) is 4. The second kappa shape index (κ2) is 12.7. The van der Waals surface area contributed by atoms with E-state index >= 15 is 13.2 Å². The molecule has 0 N–H and O–H groups in total. The molecule has 270 valence electrons. The Hall–Kier alpha value is -7.27. The number of rotatable bonds is 5. The summed E-state index contributed by atoms with van der Waals surface area (Å²) >= 11 is 0. The van der Waals surface area contributed by atoms with Crippen molar-refractivity contribution in [2.45, 2.75) is 6.18 Å². The first kappa shape index (κ1) is 33.3. The fourth-order valence-electron chi connectivity index (χ4n) is 7.78. The van der Waals surface area contributed by atoms with Crippen LogP contribution < -0.4 is 0 Å². The van der Waals surface area contributed by atoms with Crippen molar-refractivity contribution in [1.82, 2.24) is 29.1 Å². The van der Waals surface area contributed by atoms with Crippen LogP contribution in [0.3, 0.4) is 0 Å². The lowest BCUT2D eigenvalue weighted by atomic mass is 9.98. The molecule has 0 aliphatic heterocycles. The third-order valence-electron chi connectivity index (χ3n) is 10.1. The number of nitrogens with zero attached hydrogens (tertiary/aromatic N) is 6. The molecule has 10 aromatic rings. The van der Waals surface area contributed by atoms with E-state index < -0.39 is 23.4 Å². The molecule has 0 aliphatic carbocycles. The lowest BCUT2D eigenvalue weighted by molar-refractivity contribution is -0.137. The standard InChI is InChI=1S/C45H25F5N6/c46-30-19-28(20-31(47)25-30)29-23-40(55-36-9-3-1-7-32(36)34-21-26(11-13-38(34)55)43-51-15-5-16-52-43)42(45(48,49)50)41(24-29)56-37-10-4-2-8-33(37)35-22-27(12-14-39(35)56)44-53-17-6-18-54-44/h1-25H. The zero-order valence-electron chi connectivity index (χ0n) is 29.0. The van der Waals surface area contributed by atoms with Crippen molar-refractivity contribution in [2.24, 2.45) is 0 Å². The van der Waals surface area contributed by atoms with E-state index in [4.69, 9.17) is 0 Å². The van der Waals surface area contributed by atoms with Gasteiger partial charge in [0.15, 0.2) is 11.6 Å². The van der Waals surface area contributed by atoms with Crippen LogP contribution in [0.5, 0.6) is 0 Å². The van der Waals surface area contributed by atoms with E-state index in [2.05, 4.69) is 19.9 Å². The molecule has 0 spiro atoms. The third-order valence-corrected chi connectivity index (χ3v) is 10.1. The van der Waals surface area contributed by atoms with Crippen LogP contribution in [0, 0.1) is 11.6 Å². The Bertz CT molecular complexity index is 2960. The van der Waals surface area contributed by atoms with Gasteiger partial charge in [0.05, 0.1) is 33.4 Å². The van der Waals surface area contributed by atoms with Crippen LogP contribution in [-0.4, -0.2) is 29.1 Å². The Labute approximate surface area is 314 Å². The van der Waals surface area contributed by atoms with Crippen molar-refractivity contribution in [2.75, 3.05) is 0 Å². The van der Waals surface area contributed by atoms with Crippen LogP contribution in [0.2, 0.25) is 0 Å². The molecule has 6 aromatic carbocycles. The molecule has 0 saturated carbocycles. The number of halogens is 5. The summed E-state index contributed by atoms with van der Waals surface area (Å²) in [5.74, 6) is -0.785. The van der Waals surface area contributed by atoms with Gasteiger partial charge in [-0.05, 0) is 96.1 Å². The van der Waals surface area contributed by atoms with E-state index in [1.54, 1.807) is 94.6 Å². The summed E-state index contributed by atoms with van der Waals surface area (Å²) in [6.45, 7) is 0. The van der Waals surface area contributed by atoms with Gasteiger partial charge in [0, 0.05) is 63.5 Å². The minimum atomic E-state index is -4.92. The molecule has 0 unspecified atom stereocenters. The summed E-state index contributed by atoms with van der Waals surface area (Å²) < 4.78 is 81.3. The van der Waals surface area contributed by atoms with Crippen LogP contribution in [-0.2, 0) is 6.18 Å². The lowest BCUT2D eigenvalue weighted by Gasteiger charge is -2.23. The van der Waals surface area contributed by atoms with Crippen molar-refractivity contribution >= 4 is 43.6 Å². The zero-order chi connectivity index (χ0) is 38.1. The van der Waals surface area contributed by atoms with Crippen LogP contribution in [0.15, 0.2) is 152 Å². The molecular formula is C45H25F5N6. The second-order valence-corrected chi connectivity index (χ2v) is 13.4. The summed E-state index contributed by atoms with van der Waals surface area (Å²) in [6, 6.07) is 34.3. The van der Waals surface area contributed by atoms with Crippen LogP contribution in [0.1, 0.15) is 5.56 Å². The topological polar surface area (TPSA) is 61.4 Å². The highest BCUT2D eigenvalue weighted by Gasteiger charge is 2.39. The Morgan fingerprint density at radius 3 is 1.25 bits per heavy atom. The van der Waals surface area contributed by atoms with Crippen LogP contribution in [0.25, 0.3) is 88.9 Å². The molecule has 10 rings (SSSR count). The monoisotopic (exact) mass is 744 g/mol. The summed E-state index contributed by atoms with van der Waals surface area (Å²) in [5, 5.41) is 2.75. The molecule has 0 aliphatic rings. The van der Waals surface area contributed by atoms with Gasteiger partial charge in [0.1, 0.15) is 17.2 Å². The average molecular weight is 745 g/mol. The number of benzene rings is 6. The Balaban J connectivity index is 1.34. The van der Waals surface area contributed by atoms with E-state index in [1.165, 1.54) is 12.1 Å². The fraction of sp³-hybridized carbons (Fsp3) is 0.0222. The lowest BCUT2D eigenvalue weighted by Crippen LogP contribution is -2.16. The normalized spacial score (nSPS) is 12.0. The summed E-state index contributed by atoms with van der Waals surface area (Å²) in [6.07, 6.45) is 1.58. The second-order valence-electron chi connectivity index (χ2n) is 13.4. The molecule has 4 aromatic heterocycles. The van der Waals surface area contributed by atoms with Crippen molar-refractivity contribution in [3.63, 3.8) is 0 Å². The average Bonchev–Trinajstić information content (AvgIpc) is 3.72. The SMILES string of the molecule is Fc1cc(F)cc(-c2cc(-n3c4ccccc4c4cc(-c5ncccn5)ccc43)c(C(F)(F)F)c(-n3c4ccccc4c4cc(-c5ncccn5)ccc43)c2)c1. The zero-order valence-corrected chi connectivity index (χ0v) is 29.0. The van der Waals surface area contributed by atoms with Gasteiger partial charge in [-0.1, -0.05) is 36.4 Å². The van der Waals surface area contributed by atoms with Gasteiger partial charge >= 0.3 is 6.18 Å². The van der Waals surface area contributed by atoms with Gasteiger partial charge in [-0.25, -0.2) is 28.7 Å². The Morgan fingerprint density at radius 1 is 0.393 bits per heavy atom. The highest BCUT2D eigenvalue weighted by Crippen LogP contribution is 2.46. The van der Waals surface area contributed by atoms with Crippen molar-refractivity contribution in [1.29, 1.82) is 0 Å². The van der Waals surface area contributed by atoms with Crippen molar-refractivity contribution in [3.05, 3.63) is 169 Å². The van der Waals surface area contributed by atoms with Crippen LogP contribution >= 0.6 is 0 Å². The molecule has 0 fully saturated rings. The van der Waals surface area contributed by atoms with Gasteiger partial charge in [-0.15, -0.1) is 0 Å². The van der Waals surface area contributed by atoms with E-state index in [-0.39, 0.29) is 22.5 Å². The molecule has 11 heteroatoms. The van der Waals surface area contributed by atoms with E-state index in [1.807, 2.05) is 36.4 Å². The smallest absolute Gasteiger partial charge is 0.309 e. The first-order valence-electron chi connectivity index (χ1n) is 17.6. The first-order chi connectivity index (χ1) is 27.2. The molecule has 0 radical (unpaired) electrons. The van der Waals surface area contributed by atoms with Crippen molar-refractivity contribution in [3.8, 4) is 45.3 Å². The number of aromatic nitrogens is 6. The number of hydrogen-bond donors (Lipinski definition) is 0. The fourth-order valence-corrected chi connectivity index (χ4v) is 7.78. The predicted octanol–water partition coefficient (Wildman–Crippen LogP) is 11.8. The molecule has 0 saturated heterocycles. The molecule has 0 atom stereocenters. The van der Waals surface area contributed by atoms with E-state index in [0.29, 0.717) is 66.4 Å². The van der Waals surface area contributed by atoms with Crippen molar-refractivity contribution < 1.29 is 22.0 Å². The van der Waals surface area contributed by atoms with E-state index in [0.717, 1.165) is 18.2 Å². The van der Waals surface area contributed by atoms with Crippen LogP contribution in [0.4, 0.5) is 22.0 Å². The molecule has 0 bridgehead atoms. The minimum Gasteiger partial charge on any atom is -0.309 e. The maximum atomic E-state index is 16.1. The molecule has 4 heterocycles. The van der Waals surface area contributed by atoms with E-state index in [9.17, 15) is 8.78 Å². The minimum absolute atomic E-state index is 0.0762. The summed E-state index contributed by atoms with van der Waals surface area (Å²) in [7, 11) is 0. The highest BCUT2D eigenvalue weighted by molar-refractivity contribution is 6.12. The number of fused-ring (bicyclic) bond motifs is 6. The first-order valence-corrected chi connectivity index (χ1v) is 17.6. The van der Waals surface area contributed by atoms with Gasteiger partial charge in [-0.2, -0.15) is 13.2 Å². The molecular weight excluding hydrogens is 720 g/mol. The Morgan fingerprint density at radius 2 is 0.804 bits per heavy atom. The quantitative estimate of drug-likeness (QED) is 0.165. The molecule has 0 amide bonds. The van der Waals surface area contributed by atoms with Gasteiger partial charge in [-0.3, -0.25) is 0 Å². The Kier molecular flexibility index (Phi) is 7.53. The van der Waals surface area contributed by atoms with Gasteiger partial charge in [0.2, 0.25) is 0 Å². The summed E-state index contributed by atoms with van der Waals surface area (Å²) in [4.78, 5) is 17.5. The molecule has 56 heavy (non-hydrogen) atoms. The van der Waals surface area contributed by atoms with Gasteiger partial charge in [0.25, 0.3) is 0 Å². The largest absolute Gasteiger partial charge is 0.420 e. The number of alkyl halides is 3. The maximum Gasteiger partial charge on any atom is 0.420 e.